The van der Waals surface area contributed by atoms with Gasteiger partial charge in [0.2, 0.25) is 0 Å². The largest absolute Gasteiger partial charge is 0.469 e. The number of aliphatic imine (C=N–C) groups is 1. The lowest BCUT2D eigenvalue weighted by Crippen LogP contribution is -2.41. The highest BCUT2D eigenvalue weighted by atomic mass is 19.1. The lowest BCUT2D eigenvalue weighted by atomic mass is 10.3. The van der Waals surface area contributed by atoms with Gasteiger partial charge >= 0.3 is 0 Å². The molecule has 2 N–H and O–H groups in total. The lowest BCUT2D eigenvalue weighted by Gasteiger charge is -2.26. The van der Waals surface area contributed by atoms with E-state index in [0.29, 0.717) is 13.0 Å². The van der Waals surface area contributed by atoms with Gasteiger partial charge in [-0.1, -0.05) is 0 Å². The highest BCUT2D eigenvalue weighted by molar-refractivity contribution is 5.79. The summed E-state index contributed by atoms with van der Waals surface area (Å²) in [7, 11) is 0. The van der Waals surface area contributed by atoms with Gasteiger partial charge in [-0.2, -0.15) is 0 Å². The fourth-order valence-electron chi connectivity index (χ4n) is 2.52. The molecule has 0 aliphatic carbocycles. The van der Waals surface area contributed by atoms with Gasteiger partial charge in [-0.15, -0.1) is 0 Å². The van der Waals surface area contributed by atoms with Crippen molar-refractivity contribution < 1.29 is 13.5 Å². The Labute approximate surface area is 143 Å². The second kappa shape index (κ2) is 11.9. The van der Waals surface area contributed by atoms with E-state index in [2.05, 4.69) is 20.5 Å². The maximum absolute atomic E-state index is 12.3. The van der Waals surface area contributed by atoms with Gasteiger partial charge in [-0.25, -0.2) is 0 Å². The summed E-state index contributed by atoms with van der Waals surface area (Å²) in [6.07, 6.45) is 3.97. The van der Waals surface area contributed by atoms with Crippen LogP contribution < -0.4 is 10.6 Å². The van der Waals surface area contributed by atoms with Crippen LogP contribution in [0.1, 0.15) is 18.6 Å². The summed E-state index contributed by atoms with van der Waals surface area (Å²) < 4.78 is 22.9. The van der Waals surface area contributed by atoms with E-state index in [9.17, 15) is 4.39 Å². The van der Waals surface area contributed by atoms with Gasteiger partial charge < -0.3 is 19.8 Å². The van der Waals surface area contributed by atoms with E-state index in [1.165, 1.54) is 0 Å². The topological polar surface area (TPSA) is 62.0 Å². The third-order valence-electron chi connectivity index (χ3n) is 3.85. The number of ether oxygens (including phenoxy) is 1. The molecule has 24 heavy (non-hydrogen) atoms. The van der Waals surface area contributed by atoms with Gasteiger partial charge in [0.1, 0.15) is 5.76 Å². The zero-order valence-electron chi connectivity index (χ0n) is 14.3. The molecule has 1 aromatic rings. The molecule has 2 rings (SSSR count). The Morgan fingerprint density at radius 2 is 2.04 bits per heavy atom. The fraction of sp³-hybridized carbons (Fsp3) is 0.706. The molecule has 2 heterocycles. The molecule has 6 nitrogen and oxygen atoms in total. The number of hydrogen-bond donors (Lipinski definition) is 2. The Morgan fingerprint density at radius 3 is 2.79 bits per heavy atom. The minimum atomic E-state index is -0.333. The van der Waals surface area contributed by atoms with Gasteiger partial charge in [0.25, 0.3) is 0 Å². The highest BCUT2D eigenvalue weighted by Gasteiger charge is 2.09. The minimum absolute atomic E-state index is 0.333. The predicted octanol–water partition coefficient (Wildman–Crippen LogP) is 1.44. The number of nitrogens with zero attached hydrogens (tertiary/aromatic N) is 2. The summed E-state index contributed by atoms with van der Waals surface area (Å²) in [5, 5.41) is 6.60. The van der Waals surface area contributed by atoms with E-state index < -0.39 is 0 Å². The number of halogens is 1. The van der Waals surface area contributed by atoms with Gasteiger partial charge in [0, 0.05) is 39.1 Å². The Balaban J connectivity index is 1.64. The molecule has 0 spiro atoms. The summed E-state index contributed by atoms with van der Waals surface area (Å²) >= 11 is 0. The van der Waals surface area contributed by atoms with Crippen molar-refractivity contribution in [3.8, 4) is 0 Å². The molecule has 0 bridgehead atoms. The van der Waals surface area contributed by atoms with Crippen LogP contribution in [0.15, 0.2) is 27.8 Å². The molecule has 0 saturated carbocycles. The zero-order valence-corrected chi connectivity index (χ0v) is 14.3. The number of nitrogens with one attached hydrogen (secondary N) is 2. The van der Waals surface area contributed by atoms with Crippen LogP contribution in [0, 0.1) is 0 Å². The van der Waals surface area contributed by atoms with E-state index in [1.54, 1.807) is 6.26 Å². The van der Waals surface area contributed by atoms with E-state index >= 15 is 0 Å². The average Bonchev–Trinajstić information content (AvgIpc) is 3.13. The first-order chi connectivity index (χ1) is 11.9. The van der Waals surface area contributed by atoms with Gasteiger partial charge in [0.05, 0.1) is 26.2 Å². The molecule has 0 aromatic carbocycles. The van der Waals surface area contributed by atoms with Crippen LogP contribution in [-0.4, -0.2) is 70.0 Å². The average molecular weight is 340 g/mol. The van der Waals surface area contributed by atoms with Crippen LogP contribution in [0.25, 0.3) is 0 Å². The first kappa shape index (κ1) is 18.7. The van der Waals surface area contributed by atoms with E-state index in [4.69, 9.17) is 9.15 Å². The molecule has 1 aliphatic rings. The normalized spacial score (nSPS) is 16.3. The first-order valence-corrected chi connectivity index (χ1v) is 8.79. The van der Waals surface area contributed by atoms with Crippen molar-refractivity contribution in [3.05, 3.63) is 24.2 Å². The SMILES string of the molecule is FCCCN=C(NCCCN1CCOCC1)NCCc1ccco1. The van der Waals surface area contributed by atoms with Crippen molar-refractivity contribution in [1.29, 1.82) is 0 Å². The summed E-state index contributed by atoms with van der Waals surface area (Å²) in [6, 6.07) is 3.84. The Bertz CT molecular complexity index is 447. The van der Waals surface area contributed by atoms with Crippen LogP contribution in [0.4, 0.5) is 4.39 Å². The van der Waals surface area contributed by atoms with Crippen molar-refractivity contribution in [2.75, 3.05) is 59.2 Å². The van der Waals surface area contributed by atoms with Gasteiger partial charge in [-0.05, 0) is 31.5 Å². The molecule has 0 radical (unpaired) electrons. The Hall–Kier alpha value is -1.60. The standard InChI is InChI=1S/C17H29FN4O2/c18-6-2-7-19-17(21-9-5-16-4-1-13-24-16)20-8-3-10-22-11-14-23-15-12-22/h1,4,13H,2-3,5-12,14-15H2,(H2,19,20,21). The fourth-order valence-corrected chi connectivity index (χ4v) is 2.52. The van der Waals surface area contributed by atoms with Crippen molar-refractivity contribution in [2.45, 2.75) is 19.3 Å². The molecule has 7 heteroatoms. The number of alkyl halides is 1. The van der Waals surface area contributed by atoms with Crippen LogP contribution in [-0.2, 0) is 11.2 Å². The maximum Gasteiger partial charge on any atom is 0.191 e. The number of guanidine groups is 1. The van der Waals surface area contributed by atoms with Crippen molar-refractivity contribution in [2.24, 2.45) is 4.99 Å². The third-order valence-corrected chi connectivity index (χ3v) is 3.85. The smallest absolute Gasteiger partial charge is 0.191 e. The van der Waals surface area contributed by atoms with Gasteiger partial charge in [0.15, 0.2) is 5.96 Å². The molecule has 1 saturated heterocycles. The monoisotopic (exact) mass is 340 g/mol. The van der Waals surface area contributed by atoms with Crippen molar-refractivity contribution in [3.63, 3.8) is 0 Å². The molecular formula is C17H29FN4O2. The van der Waals surface area contributed by atoms with E-state index in [-0.39, 0.29) is 6.67 Å². The van der Waals surface area contributed by atoms with E-state index in [0.717, 1.165) is 70.5 Å². The quantitative estimate of drug-likeness (QED) is 0.383. The maximum atomic E-state index is 12.3. The summed E-state index contributed by atoms with van der Waals surface area (Å²) in [4.78, 5) is 6.82. The zero-order chi connectivity index (χ0) is 16.9. The number of hydrogen-bond acceptors (Lipinski definition) is 4. The van der Waals surface area contributed by atoms with Crippen LogP contribution >= 0.6 is 0 Å². The molecule has 1 aromatic heterocycles. The highest BCUT2D eigenvalue weighted by Crippen LogP contribution is 1.99. The minimum Gasteiger partial charge on any atom is -0.469 e. The molecule has 1 aliphatic heterocycles. The van der Waals surface area contributed by atoms with Crippen LogP contribution in [0.2, 0.25) is 0 Å². The molecule has 0 amide bonds. The lowest BCUT2D eigenvalue weighted by molar-refractivity contribution is 0.0376. The molecule has 0 atom stereocenters. The molecular weight excluding hydrogens is 311 g/mol. The van der Waals surface area contributed by atoms with Crippen LogP contribution in [0.3, 0.4) is 0 Å². The number of furan rings is 1. The number of rotatable bonds is 10. The summed E-state index contributed by atoms with van der Waals surface area (Å²) in [6.45, 7) is 6.49. The number of morpholine rings is 1. The molecule has 136 valence electrons. The summed E-state index contributed by atoms with van der Waals surface area (Å²) in [5.41, 5.74) is 0. The molecule has 0 unspecified atom stereocenters. The summed E-state index contributed by atoms with van der Waals surface area (Å²) in [5.74, 6) is 1.69. The van der Waals surface area contributed by atoms with Crippen LogP contribution in [0.5, 0.6) is 0 Å². The molecule has 1 fully saturated rings. The Kier molecular flexibility index (Phi) is 9.26. The Morgan fingerprint density at radius 1 is 1.21 bits per heavy atom. The second-order valence-corrected chi connectivity index (χ2v) is 5.76. The van der Waals surface area contributed by atoms with Crippen molar-refractivity contribution >= 4 is 5.96 Å². The first-order valence-electron chi connectivity index (χ1n) is 8.79. The van der Waals surface area contributed by atoms with Gasteiger partial charge in [-0.3, -0.25) is 14.3 Å². The second-order valence-electron chi connectivity index (χ2n) is 5.76. The van der Waals surface area contributed by atoms with Crippen molar-refractivity contribution in [1.82, 2.24) is 15.5 Å². The predicted molar refractivity (Wildman–Crippen MR) is 93.2 cm³/mol. The third kappa shape index (κ3) is 7.79. The van der Waals surface area contributed by atoms with E-state index in [1.807, 2.05) is 12.1 Å².